The van der Waals surface area contributed by atoms with Crippen LogP contribution in [0.5, 0.6) is 0 Å². The molecule has 4 heterocycles. The zero-order valence-corrected chi connectivity index (χ0v) is 32.2. The van der Waals surface area contributed by atoms with Gasteiger partial charge in [0.1, 0.15) is 11.2 Å². The lowest BCUT2D eigenvalue weighted by Gasteiger charge is -2.15. The molecule has 0 aliphatic rings. The first-order chi connectivity index (χ1) is 29.2. The molecular formula is C53H30N4OS. The van der Waals surface area contributed by atoms with Crippen LogP contribution in [0, 0.1) is 0 Å². The first kappa shape index (κ1) is 32.4. The predicted molar refractivity (Wildman–Crippen MR) is 246 cm³/mol. The predicted octanol–water partition coefficient (Wildman–Crippen LogP) is 14.5. The molecule has 0 saturated heterocycles. The lowest BCUT2D eigenvalue weighted by Crippen LogP contribution is -2.04. The fourth-order valence-corrected chi connectivity index (χ4v) is 10.2. The van der Waals surface area contributed by atoms with Crippen molar-refractivity contribution in [3.8, 4) is 39.9 Å². The van der Waals surface area contributed by atoms with E-state index in [2.05, 4.69) is 174 Å². The normalized spacial score (nSPS) is 12.1. The van der Waals surface area contributed by atoms with Gasteiger partial charge in [0.05, 0.1) is 16.7 Å². The van der Waals surface area contributed by atoms with Gasteiger partial charge >= 0.3 is 0 Å². The number of nitrogens with zero attached hydrogens (tertiary/aromatic N) is 4. The average molecular weight is 771 g/mol. The summed E-state index contributed by atoms with van der Waals surface area (Å²) in [7, 11) is 0. The highest BCUT2D eigenvalue weighted by Crippen LogP contribution is 2.43. The Morgan fingerprint density at radius 2 is 1.05 bits per heavy atom. The minimum absolute atomic E-state index is 0.587. The second-order valence-corrected chi connectivity index (χ2v) is 16.3. The van der Waals surface area contributed by atoms with Crippen molar-refractivity contribution in [2.75, 3.05) is 0 Å². The molecule has 274 valence electrons. The molecule has 0 spiro atoms. The van der Waals surface area contributed by atoms with Crippen LogP contribution in [0.4, 0.5) is 0 Å². The number of hydrogen-bond donors (Lipinski definition) is 0. The molecule has 0 aliphatic heterocycles. The van der Waals surface area contributed by atoms with Gasteiger partial charge in [0.25, 0.3) is 0 Å². The van der Waals surface area contributed by atoms with Gasteiger partial charge in [-0.2, -0.15) is 0 Å². The Bertz CT molecular complexity index is 3870. The first-order valence-corrected chi connectivity index (χ1v) is 20.6. The molecule has 0 bridgehead atoms. The number of fused-ring (bicyclic) bond motifs is 11. The van der Waals surface area contributed by atoms with E-state index in [4.69, 9.17) is 19.4 Å². The van der Waals surface area contributed by atoms with Gasteiger partial charge in [0, 0.05) is 64.5 Å². The first-order valence-electron chi connectivity index (χ1n) is 19.8. The summed E-state index contributed by atoms with van der Waals surface area (Å²) in [6, 6.07) is 64.4. The quantitative estimate of drug-likeness (QED) is 0.179. The molecule has 5 nitrogen and oxygen atoms in total. The zero-order chi connectivity index (χ0) is 38.6. The Morgan fingerprint density at radius 1 is 0.390 bits per heavy atom. The summed E-state index contributed by atoms with van der Waals surface area (Å²) in [4.78, 5) is 16.2. The number of benzene rings is 9. The molecule has 0 fully saturated rings. The Morgan fingerprint density at radius 3 is 1.92 bits per heavy atom. The van der Waals surface area contributed by atoms with Gasteiger partial charge in [-0.25, -0.2) is 15.0 Å². The van der Waals surface area contributed by atoms with Crippen LogP contribution in [-0.2, 0) is 0 Å². The topological polar surface area (TPSA) is 56.7 Å². The molecule has 0 atom stereocenters. The highest BCUT2D eigenvalue weighted by molar-refractivity contribution is 7.25. The van der Waals surface area contributed by atoms with Crippen LogP contribution in [0.3, 0.4) is 0 Å². The standard InChI is InChI=1S/C53H30N4OS/c1-2-13-32-26-35(25-24-31(32)12-1)51-54-52(39-19-11-23-49-50(39)38-18-7-10-22-48(38)59-49)56-53(55-51)42-29-41-37-17-6-9-21-46(37)58-47(41)30-45(42)57-43-20-8-5-16-36(43)40-27-33-14-3-4-15-34(33)28-44(40)57/h1-30H. The van der Waals surface area contributed by atoms with E-state index in [-0.39, 0.29) is 0 Å². The Labute approximate surface area is 341 Å². The van der Waals surface area contributed by atoms with Crippen molar-refractivity contribution < 1.29 is 4.42 Å². The van der Waals surface area contributed by atoms with Crippen molar-refractivity contribution in [1.82, 2.24) is 19.5 Å². The average Bonchev–Trinajstić information content (AvgIpc) is 3.96. The van der Waals surface area contributed by atoms with Crippen molar-refractivity contribution in [3.63, 3.8) is 0 Å². The van der Waals surface area contributed by atoms with E-state index in [1.54, 1.807) is 11.3 Å². The molecule has 59 heavy (non-hydrogen) atoms. The van der Waals surface area contributed by atoms with Gasteiger partial charge in [-0.3, -0.25) is 0 Å². The molecule has 0 aliphatic carbocycles. The van der Waals surface area contributed by atoms with Crippen molar-refractivity contribution in [3.05, 3.63) is 182 Å². The van der Waals surface area contributed by atoms with E-state index < -0.39 is 0 Å². The fourth-order valence-electron chi connectivity index (χ4n) is 9.07. The van der Waals surface area contributed by atoms with Crippen molar-refractivity contribution in [2.24, 2.45) is 0 Å². The van der Waals surface area contributed by atoms with Gasteiger partial charge in [-0.1, -0.05) is 127 Å². The molecule has 0 radical (unpaired) electrons. The summed E-state index contributed by atoms with van der Waals surface area (Å²) in [5, 5.41) is 11.4. The monoisotopic (exact) mass is 770 g/mol. The van der Waals surface area contributed by atoms with E-state index in [0.29, 0.717) is 17.5 Å². The minimum Gasteiger partial charge on any atom is -0.456 e. The molecule has 9 aromatic carbocycles. The number of hydrogen-bond acceptors (Lipinski definition) is 5. The molecule has 13 aromatic rings. The van der Waals surface area contributed by atoms with Gasteiger partial charge in [-0.15, -0.1) is 11.3 Å². The van der Waals surface area contributed by atoms with E-state index >= 15 is 0 Å². The molecule has 4 aromatic heterocycles. The van der Waals surface area contributed by atoms with E-state index in [9.17, 15) is 0 Å². The summed E-state index contributed by atoms with van der Waals surface area (Å²) in [6.45, 7) is 0. The number of rotatable bonds is 4. The highest BCUT2D eigenvalue weighted by atomic mass is 32.1. The number of para-hydroxylation sites is 2. The van der Waals surface area contributed by atoms with Crippen LogP contribution >= 0.6 is 11.3 Å². The third-order valence-corrected chi connectivity index (χ3v) is 12.9. The highest BCUT2D eigenvalue weighted by Gasteiger charge is 2.23. The maximum atomic E-state index is 6.62. The van der Waals surface area contributed by atoms with E-state index in [1.165, 1.54) is 41.7 Å². The Kier molecular flexibility index (Phi) is 6.82. The molecular weight excluding hydrogens is 741 g/mol. The fraction of sp³-hybridized carbons (Fsp3) is 0. The third kappa shape index (κ3) is 4.94. The molecule has 0 saturated carbocycles. The summed E-state index contributed by atoms with van der Waals surface area (Å²) in [5.74, 6) is 1.83. The SMILES string of the molecule is c1ccc2cc(-c3nc(-c4cc5c(cc4-n4c6ccccc6c6cc7ccccc7cc64)oc4ccccc45)nc(-c4cccc5sc6ccccc6c45)n3)ccc2c1. The van der Waals surface area contributed by atoms with Gasteiger partial charge in [-0.05, 0) is 70.1 Å². The maximum absolute atomic E-state index is 6.62. The van der Waals surface area contributed by atoms with Crippen LogP contribution in [0.2, 0.25) is 0 Å². The van der Waals surface area contributed by atoms with Crippen LogP contribution < -0.4 is 0 Å². The van der Waals surface area contributed by atoms with Crippen molar-refractivity contribution in [1.29, 1.82) is 0 Å². The lowest BCUT2D eigenvalue weighted by molar-refractivity contribution is 0.668. The second kappa shape index (κ2) is 12.4. The van der Waals surface area contributed by atoms with Crippen molar-refractivity contribution in [2.45, 2.75) is 0 Å². The largest absolute Gasteiger partial charge is 0.456 e. The van der Waals surface area contributed by atoms with Gasteiger partial charge in [0.2, 0.25) is 0 Å². The smallest absolute Gasteiger partial charge is 0.166 e. The minimum atomic E-state index is 0.587. The number of furan rings is 1. The molecule has 0 unspecified atom stereocenters. The molecule has 13 rings (SSSR count). The van der Waals surface area contributed by atoms with Crippen LogP contribution in [0.15, 0.2) is 186 Å². The number of thiophene rings is 1. The summed E-state index contributed by atoms with van der Waals surface area (Å²) in [5.41, 5.74) is 7.54. The summed E-state index contributed by atoms with van der Waals surface area (Å²) < 4.78 is 11.4. The second-order valence-electron chi connectivity index (χ2n) is 15.2. The third-order valence-electron chi connectivity index (χ3n) is 11.8. The Hall–Kier alpha value is -7.67. The Balaban J connectivity index is 1.17. The lowest BCUT2D eigenvalue weighted by atomic mass is 10.0. The van der Waals surface area contributed by atoms with Crippen molar-refractivity contribution >= 4 is 96.8 Å². The van der Waals surface area contributed by atoms with Gasteiger partial charge in [0.15, 0.2) is 17.5 Å². The van der Waals surface area contributed by atoms with E-state index in [1.807, 2.05) is 12.1 Å². The summed E-state index contributed by atoms with van der Waals surface area (Å²) in [6.07, 6.45) is 0. The molecule has 0 amide bonds. The number of aromatic nitrogens is 4. The van der Waals surface area contributed by atoms with Crippen LogP contribution in [0.1, 0.15) is 0 Å². The van der Waals surface area contributed by atoms with E-state index in [0.717, 1.165) is 66.1 Å². The maximum Gasteiger partial charge on any atom is 0.166 e. The van der Waals surface area contributed by atoms with Crippen LogP contribution in [-0.4, -0.2) is 19.5 Å². The molecule has 6 heteroatoms. The zero-order valence-electron chi connectivity index (χ0n) is 31.4. The van der Waals surface area contributed by atoms with Gasteiger partial charge < -0.3 is 8.98 Å². The summed E-state index contributed by atoms with van der Waals surface area (Å²) >= 11 is 1.80. The van der Waals surface area contributed by atoms with Crippen LogP contribution in [0.25, 0.3) is 125 Å². The molecule has 0 N–H and O–H groups in total.